The SMILES string of the molecule is CCCCCOC[C@@H]1CO[C@@](Cn2ccnc2)(c2ccc(Cl)cc2Cl)O1.O=[N+]([O-])O. The fourth-order valence-corrected chi connectivity index (χ4v) is 3.60. The Morgan fingerprint density at radius 1 is 1.43 bits per heavy atom. The number of ether oxygens (including phenoxy) is 3. The highest BCUT2D eigenvalue weighted by atomic mass is 35.5. The van der Waals surface area contributed by atoms with Crippen LogP contribution in [0.3, 0.4) is 0 Å². The van der Waals surface area contributed by atoms with Gasteiger partial charge in [-0.15, -0.1) is 10.1 Å². The zero-order valence-corrected chi connectivity index (χ0v) is 18.1. The largest absolute Gasteiger partial charge is 0.379 e. The molecule has 1 aliphatic rings. The van der Waals surface area contributed by atoms with Crippen molar-refractivity contribution in [3.8, 4) is 0 Å². The van der Waals surface area contributed by atoms with E-state index in [2.05, 4.69) is 11.9 Å². The third kappa shape index (κ3) is 7.41. The van der Waals surface area contributed by atoms with Gasteiger partial charge in [0.25, 0.3) is 5.09 Å². The monoisotopic (exact) mass is 461 g/mol. The smallest absolute Gasteiger partial charge is 0.291 e. The third-order valence-corrected chi connectivity index (χ3v) is 4.89. The number of hydrogen-bond donors (Lipinski definition) is 1. The summed E-state index contributed by atoms with van der Waals surface area (Å²) in [6.45, 7) is 4.31. The van der Waals surface area contributed by atoms with Crippen LogP contribution in [0.1, 0.15) is 31.7 Å². The van der Waals surface area contributed by atoms with E-state index in [1.165, 1.54) is 12.8 Å². The number of hydrogen-bond acceptors (Lipinski definition) is 6. The first-order valence-corrected chi connectivity index (χ1v) is 10.3. The number of imidazole rings is 1. The lowest BCUT2D eigenvalue weighted by Gasteiger charge is -2.30. The van der Waals surface area contributed by atoms with E-state index in [-0.39, 0.29) is 6.10 Å². The molecule has 1 N–H and O–H groups in total. The second kappa shape index (κ2) is 12.1. The molecule has 1 aliphatic heterocycles. The second-order valence-corrected chi connectivity index (χ2v) is 7.53. The summed E-state index contributed by atoms with van der Waals surface area (Å²) in [5, 5.41) is 14.7. The predicted octanol–water partition coefficient (Wildman–Crippen LogP) is 4.32. The highest BCUT2D eigenvalue weighted by Gasteiger charge is 2.45. The van der Waals surface area contributed by atoms with Crippen LogP contribution in [0.5, 0.6) is 0 Å². The zero-order chi connectivity index (χ0) is 22.0. The maximum atomic E-state index is 8.36. The lowest BCUT2D eigenvalue weighted by Crippen LogP contribution is -2.34. The summed E-state index contributed by atoms with van der Waals surface area (Å²) >= 11 is 12.5. The summed E-state index contributed by atoms with van der Waals surface area (Å²) in [5.41, 5.74) is 0.755. The normalized spacial score (nSPS) is 20.6. The van der Waals surface area contributed by atoms with Gasteiger partial charge in [0.1, 0.15) is 6.10 Å². The van der Waals surface area contributed by atoms with E-state index in [0.717, 1.165) is 18.6 Å². The molecule has 2 atom stereocenters. The van der Waals surface area contributed by atoms with E-state index in [0.29, 0.717) is 29.8 Å². The highest BCUT2D eigenvalue weighted by molar-refractivity contribution is 6.35. The van der Waals surface area contributed by atoms with Crippen LogP contribution in [0.25, 0.3) is 0 Å². The van der Waals surface area contributed by atoms with Crippen LogP contribution in [0.15, 0.2) is 36.9 Å². The van der Waals surface area contributed by atoms with E-state index < -0.39 is 10.9 Å². The molecule has 0 aliphatic carbocycles. The average Bonchev–Trinajstić information content (AvgIpc) is 3.32. The van der Waals surface area contributed by atoms with Crippen LogP contribution < -0.4 is 0 Å². The molecule has 1 fully saturated rings. The summed E-state index contributed by atoms with van der Waals surface area (Å²) in [6, 6.07) is 5.35. The average molecular weight is 462 g/mol. The number of aromatic nitrogens is 2. The number of nitrogens with zero attached hydrogens (tertiary/aromatic N) is 3. The van der Waals surface area contributed by atoms with E-state index in [1.54, 1.807) is 24.7 Å². The topological polar surface area (TPSA) is 109 Å². The van der Waals surface area contributed by atoms with Gasteiger partial charge < -0.3 is 24.0 Å². The first-order valence-electron chi connectivity index (χ1n) is 9.50. The van der Waals surface area contributed by atoms with Crippen LogP contribution in [0, 0.1) is 10.1 Å². The van der Waals surface area contributed by atoms with E-state index in [4.69, 9.17) is 52.7 Å². The number of halogens is 2. The molecule has 2 aromatic rings. The Hall–Kier alpha value is -1.91. The maximum Gasteiger partial charge on any atom is 0.291 e. The van der Waals surface area contributed by atoms with Gasteiger partial charge in [0.05, 0.1) is 31.1 Å². The van der Waals surface area contributed by atoms with Crippen molar-refractivity contribution < 1.29 is 24.5 Å². The first-order chi connectivity index (χ1) is 14.4. The molecule has 0 saturated carbocycles. The molecule has 1 aromatic carbocycles. The molecule has 0 radical (unpaired) electrons. The lowest BCUT2D eigenvalue weighted by molar-refractivity contribution is -0.742. The van der Waals surface area contributed by atoms with Crippen molar-refractivity contribution in [3.63, 3.8) is 0 Å². The van der Waals surface area contributed by atoms with Crippen molar-refractivity contribution in [2.24, 2.45) is 0 Å². The van der Waals surface area contributed by atoms with Crippen LogP contribution in [0.2, 0.25) is 10.0 Å². The fraction of sp³-hybridized carbons (Fsp3) is 0.526. The molecular formula is C19H25Cl2N3O6. The summed E-state index contributed by atoms with van der Waals surface area (Å²) in [7, 11) is 0. The van der Waals surface area contributed by atoms with Gasteiger partial charge in [0, 0.05) is 29.6 Å². The van der Waals surface area contributed by atoms with Crippen molar-refractivity contribution >= 4 is 23.2 Å². The van der Waals surface area contributed by atoms with E-state index >= 15 is 0 Å². The van der Waals surface area contributed by atoms with Gasteiger partial charge in [-0.2, -0.15) is 0 Å². The minimum absolute atomic E-state index is 0.146. The summed E-state index contributed by atoms with van der Waals surface area (Å²) < 4.78 is 20.1. The van der Waals surface area contributed by atoms with Crippen LogP contribution in [-0.2, 0) is 26.5 Å². The Labute approximate surface area is 184 Å². The van der Waals surface area contributed by atoms with Crippen molar-refractivity contribution in [1.29, 1.82) is 0 Å². The standard InChI is InChI=1S/C19H24Cl2N2O3.HNO3/c1-2-3-4-9-24-11-16-12-25-19(26-16,13-23-8-7-22-14-23)17-6-5-15(20)10-18(17)21;2-1(3)4/h5-8,10,14,16H,2-4,9,11-13H2,1H3;(H,2,3,4)/t16-,19-;/m1./s1. The van der Waals surface area contributed by atoms with Crippen molar-refractivity contribution in [2.75, 3.05) is 19.8 Å². The third-order valence-electron chi connectivity index (χ3n) is 4.35. The molecule has 2 heterocycles. The van der Waals surface area contributed by atoms with E-state index in [9.17, 15) is 0 Å². The Balaban J connectivity index is 0.000000735. The van der Waals surface area contributed by atoms with Gasteiger partial charge in [-0.3, -0.25) is 0 Å². The van der Waals surface area contributed by atoms with Crippen LogP contribution in [0.4, 0.5) is 0 Å². The first kappa shape index (κ1) is 24.4. The van der Waals surface area contributed by atoms with Crippen molar-refractivity contribution in [3.05, 3.63) is 62.6 Å². The number of benzene rings is 1. The van der Waals surface area contributed by atoms with Gasteiger partial charge >= 0.3 is 0 Å². The molecule has 3 rings (SSSR count). The van der Waals surface area contributed by atoms with Crippen LogP contribution >= 0.6 is 23.2 Å². The number of rotatable bonds is 9. The number of unbranched alkanes of at least 4 members (excludes halogenated alkanes) is 2. The van der Waals surface area contributed by atoms with E-state index in [1.807, 2.05) is 16.8 Å². The zero-order valence-electron chi connectivity index (χ0n) is 16.6. The van der Waals surface area contributed by atoms with Gasteiger partial charge in [-0.1, -0.05) is 49.0 Å². The van der Waals surface area contributed by atoms with Gasteiger partial charge in [0.2, 0.25) is 5.79 Å². The molecule has 11 heteroatoms. The lowest BCUT2D eigenvalue weighted by atomic mass is 10.1. The molecule has 0 spiro atoms. The predicted molar refractivity (Wildman–Crippen MR) is 110 cm³/mol. The maximum absolute atomic E-state index is 8.36. The molecule has 166 valence electrons. The van der Waals surface area contributed by atoms with Gasteiger partial charge in [-0.05, 0) is 18.6 Å². The molecular weight excluding hydrogens is 437 g/mol. The highest BCUT2D eigenvalue weighted by Crippen LogP contribution is 2.40. The Morgan fingerprint density at radius 2 is 2.20 bits per heavy atom. The molecule has 30 heavy (non-hydrogen) atoms. The Bertz CT molecular complexity index is 789. The Morgan fingerprint density at radius 3 is 2.83 bits per heavy atom. The quantitative estimate of drug-likeness (QED) is 0.336. The molecule has 0 amide bonds. The minimum Gasteiger partial charge on any atom is -0.379 e. The van der Waals surface area contributed by atoms with Gasteiger partial charge in [0.15, 0.2) is 0 Å². The van der Waals surface area contributed by atoms with Crippen molar-refractivity contribution in [2.45, 2.75) is 44.6 Å². The molecule has 0 unspecified atom stereocenters. The molecule has 1 saturated heterocycles. The molecule has 9 nitrogen and oxygen atoms in total. The minimum atomic E-state index is -1.50. The van der Waals surface area contributed by atoms with Crippen LogP contribution in [-0.4, -0.2) is 45.8 Å². The summed E-state index contributed by atoms with van der Waals surface area (Å²) in [6.07, 6.45) is 8.59. The second-order valence-electron chi connectivity index (χ2n) is 6.68. The Kier molecular flexibility index (Phi) is 9.80. The summed E-state index contributed by atoms with van der Waals surface area (Å²) in [5.74, 6) is -0.986. The molecule has 0 bridgehead atoms. The molecule has 1 aromatic heterocycles. The summed E-state index contributed by atoms with van der Waals surface area (Å²) in [4.78, 5) is 12.5. The van der Waals surface area contributed by atoms with Gasteiger partial charge in [-0.25, -0.2) is 4.98 Å². The fourth-order valence-electron chi connectivity index (χ4n) is 3.04. The van der Waals surface area contributed by atoms with Crippen molar-refractivity contribution in [1.82, 2.24) is 9.55 Å².